The molecule has 1 amide bonds. The summed E-state index contributed by atoms with van der Waals surface area (Å²) >= 11 is 5.76. The number of nitrogens with zero attached hydrogens (tertiary/aromatic N) is 1. The highest BCUT2D eigenvalue weighted by Crippen LogP contribution is 2.20. The molecule has 112 valence electrons. The van der Waals surface area contributed by atoms with E-state index in [9.17, 15) is 4.79 Å². The molecular formula is C15H23ClN2O2. The number of piperidine rings is 1. The summed E-state index contributed by atoms with van der Waals surface area (Å²) in [6, 6.07) is 4.05. The Kier molecular flexibility index (Phi) is 5.11. The molecule has 2 heterocycles. The fourth-order valence-electron chi connectivity index (χ4n) is 2.69. The molecule has 1 aliphatic heterocycles. The first kappa shape index (κ1) is 15.4. The summed E-state index contributed by atoms with van der Waals surface area (Å²) in [6.45, 7) is 8.44. The van der Waals surface area contributed by atoms with Crippen LogP contribution in [0.25, 0.3) is 0 Å². The van der Waals surface area contributed by atoms with Crippen LogP contribution in [0.3, 0.4) is 0 Å². The van der Waals surface area contributed by atoms with Crippen molar-refractivity contribution >= 4 is 17.5 Å². The SMILES string of the molecule is CC(C)C(=O)N1CCC(NCc2ccc(Cl)o2)C(C)C1. The highest BCUT2D eigenvalue weighted by atomic mass is 35.5. The molecule has 1 aromatic rings. The van der Waals surface area contributed by atoms with Crippen molar-refractivity contribution in [3.05, 3.63) is 23.1 Å². The monoisotopic (exact) mass is 298 g/mol. The molecule has 0 spiro atoms. The Morgan fingerprint density at radius 3 is 2.85 bits per heavy atom. The zero-order valence-electron chi connectivity index (χ0n) is 12.4. The maximum Gasteiger partial charge on any atom is 0.225 e. The Labute approximate surface area is 125 Å². The highest BCUT2D eigenvalue weighted by Gasteiger charge is 2.29. The predicted molar refractivity (Wildman–Crippen MR) is 79.5 cm³/mol. The van der Waals surface area contributed by atoms with E-state index in [4.69, 9.17) is 16.0 Å². The molecular weight excluding hydrogens is 276 g/mol. The summed E-state index contributed by atoms with van der Waals surface area (Å²) in [6.07, 6.45) is 0.980. The normalized spacial score (nSPS) is 23.4. The van der Waals surface area contributed by atoms with E-state index in [0.29, 0.717) is 23.7 Å². The number of furan rings is 1. The lowest BCUT2D eigenvalue weighted by molar-refractivity contribution is -0.136. The number of rotatable bonds is 4. The van der Waals surface area contributed by atoms with E-state index in [-0.39, 0.29) is 11.8 Å². The number of carbonyl (C=O) groups is 1. The molecule has 0 radical (unpaired) electrons. The van der Waals surface area contributed by atoms with Gasteiger partial charge in [-0.15, -0.1) is 0 Å². The molecule has 2 unspecified atom stereocenters. The topological polar surface area (TPSA) is 45.5 Å². The molecule has 1 aliphatic rings. The third-order valence-electron chi connectivity index (χ3n) is 3.88. The first-order valence-electron chi connectivity index (χ1n) is 7.23. The second kappa shape index (κ2) is 6.64. The second-order valence-electron chi connectivity index (χ2n) is 5.90. The summed E-state index contributed by atoms with van der Waals surface area (Å²) in [4.78, 5) is 14.0. The molecule has 5 heteroatoms. The Morgan fingerprint density at radius 1 is 1.55 bits per heavy atom. The van der Waals surface area contributed by atoms with Crippen LogP contribution < -0.4 is 5.32 Å². The highest BCUT2D eigenvalue weighted by molar-refractivity contribution is 6.28. The third kappa shape index (κ3) is 3.76. The van der Waals surface area contributed by atoms with Crippen LogP contribution in [-0.4, -0.2) is 29.9 Å². The molecule has 0 aromatic carbocycles. The van der Waals surface area contributed by atoms with Crippen LogP contribution >= 0.6 is 11.6 Å². The fourth-order valence-corrected chi connectivity index (χ4v) is 2.85. The van der Waals surface area contributed by atoms with Gasteiger partial charge in [-0.1, -0.05) is 20.8 Å². The minimum atomic E-state index is 0.0805. The Morgan fingerprint density at radius 2 is 2.30 bits per heavy atom. The predicted octanol–water partition coefficient (Wildman–Crippen LogP) is 2.92. The van der Waals surface area contributed by atoms with Gasteiger partial charge >= 0.3 is 0 Å². The Balaban J connectivity index is 1.82. The first-order chi connectivity index (χ1) is 9.47. The zero-order chi connectivity index (χ0) is 14.7. The maximum absolute atomic E-state index is 12.0. The molecule has 20 heavy (non-hydrogen) atoms. The van der Waals surface area contributed by atoms with Gasteiger partial charge in [-0.3, -0.25) is 4.79 Å². The molecule has 1 fully saturated rings. The third-order valence-corrected chi connectivity index (χ3v) is 4.08. The summed E-state index contributed by atoms with van der Waals surface area (Å²) in [5.41, 5.74) is 0. The molecule has 4 nitrogen and oxygen atoms in total. The standard InChI is InChI=1S/C15H23ClN2O2/c1-10(2)15(19)18-7-6-13(11(3)9-18)17-8-12-4-5-14(16)20-12/h4-5,10-11,13,17H,6-9H2,1-3H3. The quantitative estimate of drug-likeness (QED) is 0.929. The lowest BCUT2D eigenvalue weighted by Gasteiger charge is -2.38. The zero-order valence-corrected chi connectivity index (χ0v) is 13.1. The first-order valence-corrected chi connectivity index (χ1v) is 7.61. The van der Waals surface area contributed by atoms with Crippen molar-refractivity contribution < 1.29 is 9.21 Å². The number of halogens is 1. The van der Waals surface area contributed by atoms with E-state index in [0.717, 1.165) is 25.3 Å². The van der Waals surface area contributed by atoms with E-state index in [1.54, 1.807) is 6.07 Å². The molecule has 1 saturated heterocycles. The van der Waals surface area contributed by atoms with E-state index < -0.39 is 0 Å². The van der Waals surface area contributed by atoms with Crippen molar-refractivity contribution in [2.45, 2.75) is 39.8 Å². The average molecular weight is 299 g/mol. The number of hydrogen-bond acceptors (Lipinski definition) is 3. The van der Waals surface area contributed by atoms with Crippen LogP contribution in [0.5, 0.6) is 0 Å². The van der Waals surface area contributed by atoms with E-state index in [1.165, 1.54) is 0 Å². The van der Waals surface area contributed by atoms with Crippen molar-refractivity contribution in [3.8, 4) is 0 Å². The lowest BCUT2D eigenvalue weighted by atomic mass is 9.93. The van der Waals surface area contributed by atoms with Gasteiger partial charge in [0.05, 0.1) is 6.54 Å². The Hall–Kier alpha value is -1.00. The van der Waals surface area contributed by atoms with Crippen LogP contribution in [0.2, 0.25) is 5.22 Å². The van der Waals surface area contributed by atoms with Crippen molar-refractivity contribution in [2.24, 2.45) is 11.8 Å². The summed E-state index contributed by atoms with van der Waals surface area (Å²) in [5, 5.41) is 3.92. The summed E-state index contributed by atoms with van der Waals surface area (Å²) in [7, 11) is 0. The van der Waals surface area contributed by atoms with Gasteiger partial charge in [0.25, 0.3) is 0 Å². The van der Waals surface area contributed by atoms with Crippen molar-refractivity contribution in [1.82, 2.24) is 10.2 Å². The number of hydrogen-bond donors (Lipinski definition) is 1. The molecule has 1 aromatic heterocycles. The van der Waals surface area contributed by atoms with Gasteiger partial charge < -0.3 is 14.6 Å². The summed E-state index contributed by atoms with van der Waals surface area (Å²) in [5.74, 6) is 1.63. The van der Waals surface area contributed by atoms with Gasteiger partial charge in [0.2, 0.25) is 5.91 Å². The molecule has 0 saturated carbocycles. The number of carbonyl (C=O) groups excluding carboxylic acids is 1. The van der Waals surface area contributed by atoms with Crippen LogP contribution in [-0.2, 0) is 11.3 Å². The smallest absolute Gasteiger partial charge is 0.225 e. The maximum atomic E-state index is 12.0. The van der Waals surface area contributed by atoms with Crippen LogP contribution in [0.4, 0.5) is 0 Å². The van der Waals surface area contributed by atoms with Crippen LogP contribution in [0, 0.1) is 11.8 Å². The van der Waals surface area contributed by atoms with Gasteiger partial charge in [0, 0.05) is 25.0 Å². The number of amides is 1. The van der Waals surface area contributed by atoms with Gasteiger partial charge in [-0.25, -0.2) is 0 Å². The molecule has 2 atom stereocenters. The second-order valence-corrected chi connectivity index (χ2v) is 6.27. The Bertz CT molecular complexity index is 458. The van der Waals surface area contributed by atoms with Gasteiger partial charge in [0.1, 0.15) is 5.76 Å². The van der Waals surface area contributed by atoms with Gasteiger partial charge in [-0.05, 0) is 36.1 Å². The van der Waals surface area contributed by atoms with Gasteiger partial charge in [0.15, 0.2) is 5.22 Å². The number of nitrogens with one attached hydrogen (secondary N) is 1. The minimum Gasteiger partial charge on any atom is -0.448 e. The largest absolute Gasteiger partial charge is 0.448 e. The van der Waals surface area contributed by atoms with E-state index in [1.807, 2.05) is 24.8 Å². The molecule has 0 aliphatic carbocycles. The molecule has 2 rings (SSSR count). The van der Waals surface area contributed by atoms with Crippen LogP contribution in [0.1, 0.15) is 33.0 Å². The van der Waals surface area contributed by atoms with E-state index in [2.05, 4.69) is 12.2 Å². The van der Waals surface area contributed by atoms with Gasteiger partial charge in [-0.2, -0.15) is 0 Å². The summed E-state index contributed by atoms with van der Waals surface area (Å²) < 4.78 is 5.34. The van der Waals surface area contributed by atoms with Crippen molar-refractivity contribution in [3.63, 3.8) is 0 Å². The van der Waals surface area contributed by atoms with E-state index >= 15 is 0 Å². The van der Waals surface area contributed by atoms with Crippen molar-refractivity contribution in [1.29, 1.82) is 0 Å². The average Bonchev–Trinajstić information content (AvgIpc) is 2.82. The minimum absolute atomic E-state index is 0.0805. The number of likely N-dealkylation sites (tertiary alicyclic amines) is 1. The van der Waals surface area contributed by atoms with Crippen molar-refractivity contribution in [2.75, 3.05) is 13.1 Å². The van der Waals surface area contributed by atoms with Crippen LogP contribution in [0.15, 0.2) is 16.5 Å². The fraction of sp³-hybridized carbons (Fsp3) is 0.667. The molecule has 0 bridgehead atoms. The lowest BCUT2D eigenvalue weighted by Crippen LogP contribution is -2.50. The molecule has 1 N–H and O–H groups in total.